The highest BCUT2D eigenvalue weighted by Crippen LogP contribution is 2.39. The monoisotopic (exact) mass is 296 g/mol. The van der Waals surface area contributed by atoms with E-state index in [0.717, 1.165) is 11.1 Å². The van der Waals surface area contributed by atoms with Crippen molar-refractivity contribution in [3.8, 4) is 11.9 Å². The molecule has 0 saturated heterocycles. The minimum absolute atomic E-state index is 0.0292. The van der Waals surface area contributed by atoms with Crippen LogP contribution in [0.3, 0.4) is 0 Å². The van der Waals surface area contributed by atoms with E-state index >= 15 is 0 Å². The SMILES string of the molecule is Cc1ccccc1[C@@H]1C(C#N)=C(N)Oc2[nH]c(=O)[nH]c(=O)c21. The van der Waals surface area contributed by atoms with Crippen LogP contribution in [0.5, 0.6) is 5.88 Å². The lowest BCUT2D eigenvalue weighted by Crippen LogP contribution is -2.33. The number of hydrogen-bond donors (Lipinski definition) is 3. The third-order valence-electron chi connectivity index (χ3n) is 3.62. The maximum atomic E-state index is 12.2. The van der Waals surface area contributed by atoms with Gasteiger partial charge in [0.1, 0.15) is 11.6 Å². The van der Waals surface area contributed by atoms with Gasteiger partial charge in [0.25, 0.3) is 5.56 Å². The van der Waals surface area contributed by atoms with E-state index in [-0.39, 0.29) is 22.9 Å². The first kappa shape index (κ1) is 13.7. The fraction of sp³-hybridized carbons (Fsp3) is 0.133. The number of aromatic amines is 2. The van der Waals surface area contributed by atoms with Crippen molar-refractivity contribution in [2.45, 2.75) is 12.8 Å². The van der Waals surface area contributed by atoms with Gasteiger partial charge in [-0.15, -0.1) is 0 Å². The van der Waals surface area contributed by atoms with Gasteiger partial charge in [-0.1, -0.05) is 24.3 Å². The van der Waals surface area contributed by atoms with E-state index in [1.807, 2.05) is 37.3 Å². The molecule has 1 aliphatic heterocycles. The second-order valence-electron chi connectivity index (χ2n) is 4.93. The summed E-state index contributed by atoms with van der Waals surface area (Å²) in [4.78, 5) is 28.2. The molecular formula is C15H12N4O3. The molecule has 0 aliphatic carbocycles. The number of aryl methyl sites for hydroxylation is 1. The number of nitrogens with zero attached hydrogens (tertiary/aromatic N) is 1. The Morgan fingerprint density at radius 3 is 2.68 bits per heavy atom. The van der Waals surface area contributed by atoms with Crippen molar-refractivity contribution in [1.82, 2.24) is 9.97 Å². The highest BCUT2D eigenvalue weighted by molar-refractivity contribution is 5.54. The number of nitrogens with two attached hydrogens (primary N) is 1. The molecule has 1 atom stereocenters. The molecule has 0 fully saturated rings. The predicted molar refractivity (Wildman–Crippen MR) is 78.2 cm³/mol. The highest BCUT2D eigenvalue weighted by Gasteiger charge is 2.34. The van der Waals surface area contributed by atoms with Crippen molar-refractivity contribution in [3.63, 3.8) is 0 Å². The number of benzene rings is 1. The molecule has 1 aromatic heterocycles. The van der Waals surface area contributed by atoms with Crippen LogP contribution in [0.1, 0.15) is 22.6 Å². The van der Waals surface area contributed by atoms with Crippen molar-refractivity contribution in [2.24, 2.45) is 5.73 Å². The molecule has 0 amide bonds. The van der Waals surface area contributed by atoms with E-state index < -0.39 is 17.2 Å². The summed E-state index contributed by atoms with van der Waals surface area (Å²) < 4.78 is 5.25. The maximum absolute atomic E-state index is 12.2. The number of rotatable bonds is 1. The summed E-state index contributed by atoms with van der Waals surface area (Å²) in [6, 6.07) is 9.34. The van der Waals surface area contributed by atoms with Crippen molar-refractivity contribution in [3.05, 3.63) is 73.3 Å². The number of fused-ring (bicyclic) bond motifs is 1. The lowest BCUT2D eigenvalue weighted by atomic mass is 9.83. The van der Waals surface area contributed by atoms with E-state index in [1.165, 1.54) is 0 Å². The van der Waals surface area contributed by atoms with Gasteiger partial charge in [-0.2, -0.15) is 5.26 Å². The quantitative estimate of drug-likeness (QED) is 0.710. The molecular weight excluding hydrogens is 284 g/mol. The Bertz CT molecular complexity index is 946. The molecule has 0 unspecified atom stereocenters. The highest BCUT2D eigenvalue weighted by atomic mass is 16.5. The Morgan fingerprint density at radius 2 is 2.00 bits per heavy atom. The minimum Gasteiger partial charge on any atom is -0.424 e. The van der Waals surface area contributed by atoms with E-state index in [9.17, 15) is 14.9 Å². The van der Waals surface area contributed by atoms with E-state index in [2.05, 4.69) is 9.97 Å². The van der Waals surface area contributed by atoms with E-state index in [1.54, 1.807) is 0 Å². The van der Waals surface area contributed by atoms with Crippen LogP contribution < -0.4 is 21.7 Å². The Kier molecular flexibility index (Phi) is 3.07. The predicted octanol–water partition coefficient (Wildman–Crippen LogP) is 0.590. The van der Waals surface area contributed by atoms with Crippen LogP contribution in [-0.2, 0) is 0 Å². The Hall–Kier alpha value is -3.27. The van der Waals surface area contributed by atoms with Gasteiger partial charge in [0, 0.05) is 0 Å². The number of aromatic nitrogens is 2. The lowest BCUT2D eigenvalue weighted by Gasteiger charge is -2.25. The molecule has 0 bridgehead atoms. The smallest absolute Gasteiger partial charge is 0.328 e. The first-order chi connectivity index (χ1) is 10.5. The Labute approximate surface area is 124 Å². The van der Waals surface area contributed by atoms with Gasteiger partial charge in [0.15, 0.2) is 0 Å². The fourth-order valence-electron chi connectivity index (χ4n) is 2.61. The van der Waals surface area contributed by atoms with Crippen molar-refractivity contribution in [2.75, 3.05) is 0 Å². The van der Waals surface area contributed by atoms with Gasteiger partial charge < -0.3 is 10.5 Å². The van der Waals surface area contributed by atoms with Gasteiger partial charge in [0.05, 0.1) is 11.5 Å². The van der Waals surface area contributed by atoms with Gasteiger partial charge in [-0.3, -0.25) is 14.8 Å². The standard InChI is InChI=1S/C15H12N4O3/c1-7-4-2-3-5-8(7)10-9(6-16)12(17)22-14-11(10)13(20)18-15(21)19-14/h2-5,10H,17H2,1H3,(H2,18,19,20,21)/t10-/m1/s1. The number of allylic oxidation sites excluding steroid dienone is 1. The van der Waals surface area contributed by atoms with Crippen LogP contribution in [0.25, 0.3) is 0 Å². The second-order valence-corrected chi connectivity index (χ2v) is 4.93. The van der Waals surface area contributed by atoms with Crippen LogP contribution >= 0.6 is 0 Å². The molecule has 7 heteroatoms. The van der Waals surface area contributed by atoms with Crippen LogP contribution in [0, 0.1) is 18.3 Å². The molecule has 3 rings (SSSR count). The number of hydrogen-bond acceptors (Lipinski definition) is 5. The fourth-order valence-corrected chi connectivity index (χ4v) is 2.61. The van der Waals surface area contributed by atoms with E-state index in [4.69, 9.17) is 10.5 Å². The normalized spacial score (nSPS) is 16.6. The van der Waals surface area contributed by atoms with Gasteiger partial charge in [0.2, 0.25) is 11.8 Å². The largest absolute Gasteiger partial charge is 0.424 e. The number of nitrogens with one attached hydrogen (secondary N) is 2. The Morgan fingerprint density at radius 1 is 1.27 bits per heavy atom. The first-order valence-electron chi connectivity index (χ1n) is 6.52. The summed E-state index contributed by atoms with van der Waals surface area (Å²) in [6.07, 6.45) is 0. The van der Waals surface area contributed by atoms with Crippen LogP contribution in [0.2, 0.25) is 0 Å². The van der Waals surface area contributed by atoms with Crippen LogP contribution in [0.4, 0.5) is 0 Å². The van der Waals surface area contributed by atoms with Crippen LogP contribution in [-0.4, -0.2) is 9.97 Å². The molecule has 1 aromatic carbocycles. The molecule has 2 aromatic rings. The molecule has 0 spiro atoms. The molecule has 7 nitrogen and oxygen atoms in total. The molecule has 22 heavy (non-hydrogen) atoms. The average molecular weight is 296 g/mol. The zero-order chi connectivity index (χ0) is 15.9. The zero-order valence-electron chi connectivity index (χ0n) is 11.6. The summed E-state index contributed by atoms with van der Waals surface area (Å²) in [7, 11) is 0. The molecule has 110 valence electrons. The number of H-pyrrole nitrogens is 2. The third-order valence-corrected chi connectivity index (χ3v) is 3.62. The van der Waals surface area contributed by atoms with Crippen molar-refractivity contribution >= 4 is 0 Å². The van der Waals surface area contributed by atoms with Gasteiger partial charge in [-0.05, 0) is 18.1 Å². The number of nitriles is 1. The van der Waals surface area contributed by atoms with E-state index in [0.29, 0.717) is 0 Å². The molecule has 0 saturated carbocycles. The molecule has 4 N–H and O–H groups in total. The summed E-state index contributed by atoms with van der Waals surface area (Å²) in [6.45, 7) is 1.87. The average Bonchev–Trinajstić information content (AvgIpc) is 2.46. The van der Waals surface area contributed by atoms with Crippen molar-refractivity contribution < 1.29 is 4.74 Å². The topological polar surface area (TPSA) is 125 Å². The summed E-state index contributed by atoms with van der Waals surface area (Å²) >= 11 is 0. The zero-order valence-corrected chi connectivity index (χ0v) is 11.6. The minimum atomic E-state index is -0.694. The first-order valence-corrected chi connectivity index (χ1v) is 6.52. The molecule has 1 aliphatic rings. The summed E-state index contributed by atoms with van der Waals surface area (Å²) in [5.41, 5.74) is 6.44. The summed E-state index contributed by atoms with van der Waals surface area (Å²) in [5, 5.41) is 9.40. The molecule has 2 heterocycles. The Balaban J connectivity index is 2.38. The summed E-state index contributed by atoms with van der Waals surface area (Å²) in [5.74, 6) is -0.835. The molecule has 0 radical (unpaired) electrons. The lowest BCUT2D eigenvalue weighted by molar-refractivity contribution is 0.373. The van der Waals surface area contributed by atoms with Gasteiger partial charge >= 0.3 is 5.69 Å². The van der Waals surface area contributed by atoms with Crippen LogP contribution in [0.15, 0.2) is 45.3 Å². The second kappa shape index (κ2) is 4.93. The third kappa shape index (κ3) is 1.98. The number of ether oxygens (including phenoxy) is 1. The van der Waals surface area contributed by atoms with Crippen molar-refractivity contribution in [1.29, 1.82) is 5.26 Å². The maximum Gasteiger partial charge on any atom is 0.328 e. The van der Waals surface area contributed by atoms with Gasteiger partial charge in [-0.25, -0.2) is 4.79 Å².